The van der Waals surface area contributed by atoms with Gasteiger partial charge in [0.25, 0.3) is 0 Å². The molecule has 2 heteroatoms. The zero-order chi connectivity index (χ0) is 15.5. The summed E-state index contributed by atoms with van der Waals surface area (Å²) < 4.78 is 5.45. The SMILES string of the molecule is CC(C)(C)C(C)(C)C1(C)CC[N+](C)(C)CC1.COC. The fourth-order valence-electron chi connectivity index (χ4n) is 2.87. The van der Waals surface area contributed by atoms with Gasteiger partial charge in [0.2, 0.25) is 0 Å². The van der Waals surface area contributed by atoms with Crippen LogP contribution >= 0.6 is 0 Å². The largest absolute Gasteiger partial charge is 0.388 e. The van der Waals surface area contributed by atoms with Crippen LogP contribution in [0.5, 0.6) is 0 Å². The van der Waals surface area contributed by atoms with Crippen molar-refractivity contribution in [3.8, 4) is 0 Å². The highest BCUT2D eigenvalue weighted by atomic mass is 16.4. The maximum absolute atomic E-state index is 4.25. The molecular weight excluding hydrogens is 234 g/mol. The number of ether oxygens (including phenoxy) is 1. The van der Waals surface area contributed by atoms with Gasteiger partial charge in [-0.3, -0.25) is 0 Å². The number of hydrogen-bond acceptors (Lipinski definition) is 1. The number of hydrogen-bond donors (Lipinski definition) is 0. The molecule has 1 saturated heterocycles. The van der Waals surface area contributed by atoms with Crippen molar-refractivity contribution in [1.29, 1.82) is 0 Å². The zero-order valence-electron chi connectivity index (χ0n) is 15.2. The van der Waals surface area contributed by atoms with E-state index in [1.54, 1.807) is 14.2 Å². The van der Waals surface area contributed by atoms with E-state index in [9.17, 15) is 0 Å². The van der Waals surface area contributed by atoms with E-state index in [2.05, 4.69) is 60.4 Å². The van der Waals surface area contributed by atoms with Crippen LogP contribution in [-0.2, 0) is 4.74 Å². The van der Waals surface area contributed by atoms with E-state index >= 15 is 0 Å². The van der Waals surface area contributed by atoms with E-state index < -0.39 is 0 Å². The number of rotatable bonds is 1. The number of nitrogens with zero attached hydrogens (tertiary/aromatic N) is 1. The number of piperidine rings is 1. The minimum Gasteiger partial charge on any atom is -0.388 e. The molecule has 0 aromatic carbocycles. The predicted molar refractivity (Wildman–Crippen MR) is 85.4 cm³/mol. The summed E-state index contributed by atoms with van der Waals surface area (Å²) in [6, 6.07) is 0. The van der Waals surface area contributed by atoms with Crippen LogP contribution in [-0.4, -0.2) is 45.9 Å². The topological polar surface area (TPSA) is 9.23 Å². The Morgan fingerprint density at radius 3 is 1.47 bits per heavy atom. The lowest BCUT2D eigenvalue weighted by molar-refractivity contribution is -0.898. The van der Waals surface area contributed by atoms with Crippen molar-refractivity contribution in [2.75, 3.05) is 41.4 Å². The molecule has 1 aliphatic heterocycles. The maximum Gasteiger partial charge on any atom is 0.0788 e. The molecule has 0 spiro atoms. The summed E-state index contributed by atoms with van der Waals surface area (Å²) in [5.41, 5.74) is 1.29. The molecule has 0 bridgehead atoms. The predicted octanol–water partition coefficient (Wildman–Crippen LogP) is 4.20. The summed E-state index contributed by atoms with van der Waals surface area (Å²) in [4.78, 5) is 0. The van der Waals surface area contributed by atoms with Gasteiger partial charge in [-0.05, 0) is 16.2 Å². The van der Waals surface area contributed by atoms with Gasteiger partial charge in [-0.15, -0.1) is 0 Å². The Kier molecular flexibility index (Phi) is 6.11. The van der Waals surface area contributed by atoms with Crippen LogP contribution in [0.4, 0.5) is 0 Å². The molecule has 2 nitrogen and oxygen atoms in total. The first-order valence-electron chi connectivity index (χ1n) is 7.55. The molecule has 0 aromatic heterocycles. The normalized spacial score (nSPS) is 22.4. The Hall–Kier alpha value is -0.0800. The lowest BCUT2D eigenvalue weighted by Crippen LogP contribution is -2.55. The van der Waals surface area contributed by atoms with Crippen molar-refractivity contribution in [2.24, 2.45) is 16.2 Å². The lowest BCUT2D eigenvalue weighted by Gasteiger charge is -2.56. The molecule has 0 amide bonds. The number of likely N-dealkylation sites (tertiary alicyclic amines) is 1. The summed E-state index contributed by atoms with van der Waals surface area (Å²) in [7, 11) is 7.98. The van der Waals surface area contributed by atoms with Crippen molar-refractivity contribution in [3.63, 3.8) is 0 Å². The zero-order valence-corrected chi connectivity index (χ0v) is 15.2. The molecule has 1 aliphatic rings. The minimum absolute atomic E-state index is 0.385. The maximum atomic E-state index is 4.25. The molecule has 0 aliphatic carbocycles. The second kappa shape index (κ2) is 6.13. The smallest absolute Gasteiger partial charge is 0.0788 e. The van der Waals surface area contributed by atoms with Gasteiger partial charge in [0.1, 0.15) is 0 Å². The molecule has 0 saturated carbocycles. The molecule has 1 fully saturated rings. The third-order valence-corrected chi connectivity index (χ3v) is 5.92. The van der Waals surface area contributed by atoms with Crippen molar-refractivity contribution < 1.29 is 9.22 Å². The monoisotopic (exact) mass is 272 g/mol. The second-order valence-electron chi connectivity index (χ2n) is 8.73. The minimum atomic E-state index is 0.385. The molecule has 0 atom stereocenters. The fourth-order valence-corrected chi connectivity index (χ4v) is 2.87. The van der Waals surface area contributed by atoms with Gasteiger partial charge in [-0.1, -0.05) is 41.5 Å². The second-order valence-corrected chi connectivity index (χ2v) is 8.73. The Bertz CT molecular complexity index is 263. The van der Waals surface area contributed by atoms with Crippen LogP contribution in [0.1, 0.15) is 54.4 Å². The number of methoxy groups -OCH3 is 1. The first-order valence-corrected chi connectivity index (χ1v) is 7.55. The van der Waals surface area contributed by atoms with Gasteiger partial charge < -0.3 is 9.22 Å². The van der Waals surface area contributed by atoms with Crippen LogP contribution in [0.25, 0.3) is 0 Å². The van der Waals surface area contributed by atoms with E-state index in [-0.39, 0.29) is 0 Å². The molecule has 0 unspecified atom stereocenters. The molecule has 1 rings (SSSR count). The number of quaternary nitrogens is 1. The average molecular weight is 272 g/mol. The van der Waals surface area contributed by atoms with E-state index in [1.165, 1.54) is 30.4 Å². The molecule has 116 valence electrons. The molecule has 19 heavy (non-hydrogen) atoms. The first-order chi connectivity index (χ1) is 8.33. The highest BCUT2D eigenvalue weighted by molar-refractivity contribution is 4.97. The summed E-state index contributed by atoms with van der Waals surface area (Å²) in [6.45, 7) is 17.3. The van der Waals surface area contributed by atoms with Crippen LogP contribution < -0.4 is 0 Å². The van der Waals surface area contributed by atoms with Crippen molar-refractivity contribution >= 4 is 0 Å². The summed E-state index contributed by atoms with van der Waals surface area (Å²) in [6.07, 6.45) is 2.73. The third kappa shape index (κ3) is 4.46. The van der Waals surface area contributed by atoms with E-state index in [1.807, 2.05) is 0 Å². The van der Waals surface area contributed by atoms with E-state index in [0.717, 1.165) is 0 Å². The highest BCUT2D eigenvalue weighted by Gasteiger charge is 2.50. The average Bonchev–Trinajstić information content (AvgIpc) is 2.22. The summed E-state index contributed by atoms with van der Waals surface area (Å²) >= 11 is 0. The van der Waals surface area contributed by atoms with Gasteiger partial charge in [-0.2, -0.15) is 0 Å². The van der Waals surface area contributed by atoms with Crippen LogP contribution in [0.15, 0.2) is 0 Å². The Morgan fingerprint density at radius 2 is 1.21 bits per heavy atom. The highest BCUT2D eigenvalue weighted by Crippen LogP contribution is 2.56. The molecule has 0 N–H and O–H groups in total. The van der Waals surface area contributed by atoms with Crippen LogP contribution in [0.2, 0.25) is 0 Å². The van der Waals surface area contributed by atoms with Gasteiger partial charge >= 0.3 is 0 Å². The molecule has 0 radical (unpaired) electrons. The van der Waals surface area contributed by atoms with Crippen molar-refractivity contribution in [3.05, 3.63) is 0 Å². The fraction of sp³-hybridized carbons (Fsp3) is 1.00. The van der Waals surface area contributed by atoms with E-state index in [0.29, 0.717) is 16.2 Å². The van der Waals surface area contributed by atoms with Crippen LogP contribution in [0.3, 0.4) is 0 Å². The Morgan fingerprint density at radius 1 is 0.895 bits per heavy atom. The Labute approximate surface area is 122 Å². The van der Waals surface area contributed by atoms with Gasteiger partial charge in [0.05, 0.1) is 27.2 Å². The summed E-state index contributed by atoms with van der Waals surface area (Å²) in [5, 5.41) is 0. The molecule has 1 heterocycles. The van der Waals surface area contributed by atoms with Gasteiger partial charge in [0, 0.05) is 27.1 Å². The van der Waals surface area contributed by atoms with E-state index in [4.69, 9.17) is 0 Å². The quantitative estimate of drug-likeness (QED) is 0.650. The van der Waals surface area contributed by atoms with Gasteiger partial charge in [0.15, 0.2) is 0 Å². The first kappa shape index (κ1) is 18.9. The van der Waals surface area contributed by atoms with Crippen molar-refractivity contribution in [2.45, 2.75) is 54.4 Å². The Balaban J connectivity index is 0.000000982. The molecule has 0 aromatic rings. The van der Waals surface area contributed by atoms with Crippen molar-refractivity contribution in [1.82, 2.24) is 0 Å². The van der Waals surface area contributed by atoms with Gasteiger partial charge in [-0.25, -0.2) is 0 Å². The third-order valence-electron chi connectivity index (χ3n) is 5.92. The standard InChI is InChI=1S/C15H32N.C2H6O/c1-13(2,3)14(4,5)15(6)9-11-16(7,8)12-10-15;1-3-2/h9-12H2,1-8H3;1-2H3/q+1;. The van der Waals surface area contributed by atoms with Crippen LogP contribution in [0, 0.1) is 16.2 Å². The summed E-state index contributed by atoms with van der Waals surface area (Å²) in [5.74, 6) is 0. The lowest BCUT2D eigenvalue weighted by atomic mass is 9.52. The molecular formula is C17H38NO+.